The Kier molecular flexibility index (Phi) is 6.56. The van der Waals surface area contributed by atoms with Crippen molar-refractivity contribution in [3.63, 3.8) is 0 Å². The van der Waals surface area contributed by atoms with Gasteiger partial charge in [0.2, 0.25) is 0 Å². The molecule has 2 N–H and O–H groups in total. The van der Waals surface area contributed by atoms with Crippen molar-refractivity contribution in [1.82, 2.24) is 15.6 Å². The van der Waals surface area contributed by atoms with E-state index in [1.165, 1.54) is 0 Å². The van der Waals surface area contributed by atoms with E-state index in [1.807, 2.05) is 12.1 Å². The van der Waals surface area contributed by atoms with E-state index >= 15 is 0 Å². The lowest BCUT2D eigenvalue weighted by Gasteiger charge is -2.08. The van der Waals surface area contributed by atoms with Gasteiger partial charge in [0.25, 0.3) is 11.8 Å². The van der Waals surface area contributed by atoms with Crippen molar-refractivity contribution in [2.45, 2.75) is 0 Å². The molecule has 0 unspecified atom stereocenters. The highest BCUT2D eigenvalue weighted by Crippen LogP contribution is 2.15. The Balaban J connectivity index is 1.61. The maximum Gasteiger partial charge on any atom is 0.258 e. The Labute approximate surface area is 142 Å². The number of hydrogen-bond donors (Lipinski definition) is 2. The molecule has 6 nitrogen and oxygen atoms in total. The Morgan fingerprint density at radius 2 is 1.65 bits per heavy atom. The molecule has 0 atom stereocenters. The molecule has 0 fully saturated rings. The molecule has 0 spiro atoms. The van der Waals surface area contributed by atoms with Crippen molar-refractivity contribution in [2.24, 2.45) is 0 Å². The van der Waals surface area contributed by atoms with Gasteiger partial charge in [0.15, 0.2) is 6.61 Å². The molecule has 1 aromatic heterocycles. The number of aromatic nitrogens is 1. The quantitative estimate of drug-likeness (QED) is 0.720. The number of nitrogens with zero attached hydrogens (tertiary/aromatic N) is 1. The summed E-state index contributed by atoms with van der Waals surface area (Å²) in [6, 6.07) is 10.5. The zero-order chi connectivity index (χ0) is 16.5. The van der Waals surface area contributed by atoms with E-state index in [-0.39, 0.29) is 18.4 Å². The normalized spacial score (nSPS) is 9.96. The van der Waals surface area contributed by atoms with Crippen LogP contribution in [-0.2, 0) is 4.79 Å². The van der Waals surface area contributed by atoms with Gasteiger partial charge in [0, 0.05) is 35.5 Å². The summed E-state index contributed by atoms with van der Waals surface area (Å²) in [7, 11) is 0. The molecular formula is C16H16BrN3O3. The fourth-order valence-electron chi connectivity index (χ4n) is 1.71. The molecule has 23 heavy (non-hydrogen) atoms. The highest BCUT2D eigenvalue weighted by Gasteiger charge is 2.05. The van der Waals surface area contributed by atoms with Crippen LogP contribution in [0.5, 0.6) is 5.75 Å². The molecule has 0 aliphatic rings. The van der Waals surface area contributed by atoms with Gasteiger partial charge >= 0.3 is 0 Å². The summed E-state index contributed by atoms with van der Waals surface area (Å²) in [6.07, 6.45) is 3.10. The van der Waals surface area contributed by atoms with E-state index in [1.54, 1.807) is 36.7 Å². The molecule has 0 saturated heterocycles. The molecule has 0 aliphatic carbocycles. The topological polar surface area (TPSA) is 80.3 Å². The van der Waals surface area contributed by atoms with Crippen LogP contribution in [0.1, 0.15) is 10.4 Å². The van der Waals surface area contributed by atoms with Crippen molar-refractivity contribution >= 4 is 27.7 Å². The first-order valence-corrected chi connectivity index (χ1v) is 7.78. The molecule has 120 valence electrons. The predicted octanol–water partition coefficient (Wildman–Crippen LogP) is 1.77. The summed E-state index contributed by atoms with van der Waals surface area (Å²) in [5, 5.41) is 5.38. The molecule has 2 rings (SSSR count). The molecule has 0 bridgehead atoms. The number of ether oxygens (including phenoxy) is 1. The average molecular weight is 378 g/mol. The fraction of sp³-hybridized carbons (Fsp3) is 0.188. The van der Waals surface area contributed by atoms with Crippen LogP contribution in [0, 0.1) is 0 Å². The Morgan fingerprint density at radius 3 is 2.35 bits per heavy atom. The van der Waals surface area contributed by atoms with Gasteiger partial charge in [0.1, 0.15) is 5.75 Å². The molecule has 0 aliphatic heterocycles. The molecule has 1 aromatic carbocycles. The third-order valence-corrected chi connectivity index (χ3v) is 3.39. The number of nitrogens with one attached hydrogen (secondary N) is 2. The summed E-state index contributed by atoms with van der Waals surface area (Å²) >= 11 is 3.32. The first-order chi connectivity index (χ1) is 11.1. The largest absolute Gasteiger partial charge is 0.484 e. The zero-order valence-corrected chi connectivity index (χ0v) is 13.9. The second-order valence-corrected chi connectivity index (χ2v) is 5.50. The van der Waals surface area contributed by atoms with Crippen molar-refractivity contribution < 1.29 is 14.3 Å². The van der Waals surface area contributed by atoms with Gasteiger partial charge in [-0.2, -0.15) is 0 Å². The highest BCUT2D eigenvalue weighted by atomic mass is 79.9. The first kappa shape index (κ1) is 17.0. The second-order valence-electron chi connectivity index (χ2n) is 4.58. The van der Waals surface area contributed by atoms with E-state index in [0.29, 0.717) is 24.4 Å². The number of carbonyl (C=O) groups is 2. The van der Waals surface area contributed by atoms with Gasteiger partial charge < -0.3 is 15.4 Å². The third-order valence-electron chi connectivity index (χ3n) is 2.86. The zero-order valence-electron chi connectivity index (χ0n) is 12.3. The number of rotatable bonds is 7. The van der Waals surface area contributed by atoms with Crippen molar-refractivity contribution in [2.75, 3.05) is 19.7 Å². The minimum Gasteiger partial charge on any atom is -0.484 e. The monoisotopic (exact) mass is 377 g/mol. The number of halogens is 1. The van der Waals surface area contributed by atoms with Gasteiger partial charge in [-0.3, -0.25) is 14.6 Å². The summed E-state index contributed by atoms with van der Waals surface area (Å²) in [6.45, 7) is 0.602. The molecule has 2 amide bonds. The SMILES string of the molecule is O=C(COc1ccc(Br)cc1)NCCNC(=O)c1ccncc1. The van der Waals surface area contributed by atoms with E-state index < -0.39 is 0 Å². The predicted molar refractivity (Wildman–Crippen MR) is 89.2 cm³/mol. The Bertz CT molecular complexity index is 647. The van der Waals surface area contributed by atoms with Crippen molar-refractivity contribution in [1.29, 1.82) is 0 Å². The number of hydrogen-bond acceptors (Lipinski definition) is 4. The maximum absolute atomic E-state index is 11.7. The molecule has 7 heteroatoms. The van der Waals surface area contributed by atoms with Gasteiger partial charge in [-0.05, 0) is 36.4 Å². The lowest BCUT2D eigenvalue weighted by molar-refractivity contribution is -0.123. The van der Waals surface area contributed by atoms with E-state index in [0.717, 1.165) is 4.47 Å². The van der Waals surface area contributed by atoms with Crippen LogP contribution in [-0.4, -0.2) is 36.5 Å². The lowest BCUT2D eigenvalue weighted by Crippen LogP contribution is -2.36. The van der Waals surface area contributed by atoms with Crippen molar-refractivity contribution in [3.05, 3.63) is 58.8 Å². The highest BCUT2D eigenvalue weighted by molar-refractivity contribution is 9.10. The molecule has 0 radical (unpaired) electrons. The Hall–Kier alpha value is -2.41. The summed E-state index contributed by atoms with van der Waals surface area (Å²) in [4.78, 5) is 27.2. The lowest BCUT2D eigenvalue weighted by atomic mass is 10.2. The van der Waals surface area contributed by atoms with Crippen LogP contribution in [0.25, 0.3) is 0 Å². The van der Waals surface area contributed by atoms with Crippen LogP contribution < -0.4 is 15.4 Å². The Morgan fingerprint density at radius 1 is 1.00 bits per heavy atom. The van der Waals surface area contributed by atoms with Crippen molar-refractivity contribution in [3.8, 4) is 5.75 Å². The van der Waals surface area contributed by atoms with Crippen LogP contribution in [0.15, 0.2) is 53.3 Å². The first-order valence-electron chi connectivity index (χ1n) is 6.98. The second kappa shape index (κ2) is 8.89. The molecule has 0 saturated carbocycles. The number of carbonyl (C=O) groups excluding carboxylic acids is 2. The molecule has 2 aromatic rings. The maximum atomic E-state index is 11.7. The van der Waals surface area contributed by atoms with E-state index in [2.05, 4.69) is 31.5 Å². The van der Waals surface area contributed by atoms with Gasteiger partial charge in [0.05, 0.1) is 0 Å². The standard InChI is InChI=1S/C16H16BrN3O3/c17-13-1-3-14(4-2-13)23-11-15(21)19-9-10-20-16(22)12-5-7-18-8-6-12/h1-8H,9-11H2,(H,19,21)(H,20,22). The molecular weight excluding hydrogens is 362 g/mol. The van der Waals surface area contributed by atoms with E-state index in [4.69, 9.17) is 4.74 Å². The van der Waals surface area contributed by atoms with Gasteiger partial charge in [-0.15, -0.1) is 0 Å². The van der Waals surface area contributed by atoms with E-state index in [9.17, 15) is 9.59 Å². The smallest absolute Gasteiger partial charge is 0.258 e. The summed E-state index contributed by atoms with van der Waals surface area (Å²) in [5.41, 5.74) is 0.532. The summed E-state index contributed by atoms with van der Waals surface area (Å²) < 4.78 is 6.29. The fourth-order valence-corrected chi connectivity index (χ4v) is 1.98. The number of amides is 2. The van der Waals surface area contributed by atoms with Gasteiger partial charge in [-0.1, -0.05) is 15.9 Å². The number of pyridine rings is 1. The van der Waals surface area contributed by atoms with Crippen LogP contribution in [0.2, 0.25) is 0 Å². The number of benzene rings is 1. The molecule has 1 heterocycles. The van der Waals surface area contributed by atoms with Gasteiger partial charge in [-0.25, -0.2) is 0 Å². The minimum atomic E-state index is -0.244. The van der Waals surface area contributed by atoms with Crippen LogP contribution in [0.3, 0.4) is 0 Å². The van der Waals surface area contributed by atoms with Crippen LogP contribution in [0.4, 0.5) is 0 Å². The average Bonchev–Trinajstić information content (AvgIpc) is 2.59. The van der Waals surface area contributed by atoms with Crippen LogP contribution >= 0.6 is 15.9 Å². The third kappa shape index (κ3) is 6.07. The minimum absolute atomic E-state index is 0.0695. The summed E-state index contributed by atoms with van der Waals surface area (Å²) in [5.74, 6) is 0.174.